The molecule has 1 saturated heterocycles. The van der Waals surface area contributed by atoms with E-state index in [-0.39, 0.29) is 12.6 Å². The Balaban J connectivity index is 1.63. The van der Waals surface area contributed by atoms with Crippen LogP contribution in [0.3, 0.4) is 0 Å². The highest BCUT2D eigenvalue weighted by atomic mass is 19.3. The third kappa shape index (κ3) is 3.67. The molecule has 0 amide bonds. The molecule has 1 aromatic carbocycles. The standard InChI is InChI=1S/C20H21F2N9O/c1-28-13-25-19(30-16-5-3-2-4-15(16)26-18(30)17(21)22)27-20(28)31(14-10-23-12-24-11-14)29-6-8-32-9-7-29/h2-5,10-12,17H,6-9,13H2,1H3. The van der Waals surface area contributed by atoms with Crippen molar-refractivity contribution >= 4 is 28.6 Å². The topological polar surface area (TPSA) is 87.3 Å². The summed E-state index contributed by atoms with van der Waals surface area (Å²) in [6.07, 6.45) is 2.04. The van der Waals surface area contributed by atoms with Crippen molar-refractivity contribution in [3.63, 3.8) is 0 Å². The number of benzene rings is 1. The van der Waals surface area contributed by atoms with Gasteiger partial charge in [0.1, 0.15) is 13.0 Å². The van der Waals surface area contributed by atoms with Crippen molar-refractivity contribution in [1.82, 2.24) is 29.4 Å². The van der Waals surface area contributed by atoms with Crippen LogP contribution in [0.25, 0.3) is 11.0 Å². The highest BCUT2D eigenvalue weighted by molar-refractivity contribution is 6.06. The zero-order chi connectivity index (χ0) is 22.1. The van der Waals surface area contributed by atoms with Crippen molar-refractivity contribution in [3.8, 4) is 0 Å². The van der Waals surface area contributed by atoms with Crippen LogP contribution in [0, 0.1) is 0 Å². The largest absolute Gasteiger partial charge is 0.379 e. The van der Waals surface area contributed by atoms with Crippen molar-refractivity contribution in [2.45, 2.75) is 6.43 Å². The summed E-state index contributed by atoms with van der Waals surface area (Å²) in [6.45, 7) is 2.61. The number of hydrogen-bond acceptors (Lipinski definition) is 9. The third-order valence-electron chi connectivity index (χ3n) is 5.20. The normalized spacial score (nSPS) is 17.6. The maximum Gasteiger partial charge on any atom is 0.296 e. The molecule has 3 aromatic rings. The first-order chi connectivity index (χ1) is 15.6. The molecular weight excluding hydrogens is 420 g/mol. The van der Waals surface area contributed by atoms with Crippen molar-refractivity contribution in [1.29, 1.82) is 0 Å². The molecule has 0 atom stereocenters. The number of rotatable bonds is 3. The predicted octanol–water partition coefficient (Wildman–Crippen LogP) is 1.98. The van der Waals surface area contributed by atoms with Gasteiger partial charge in [0, 0.05) is 20.1 Å². The quantitative estimate of drug-likeness (QED) is 0.614. The van der Waals surface area contributed by atoms with Crippen LogP contribution in [0.1, 0.15) is 12.2 Å². The van der Waals surface area contributed by atoms with Crippen LogP contribution in [-0.2, 0) is 4.74 Å². The average Bonchev–Trinajstić information content (AvgIpc) is 3.22. The summed E-state index contributed by atoms with van der Waals surface area (Å²) in [5.74, 6) is 0.278. The zero-order valence-corrected chi connectivity index (χ0v) is 17.3. The van der Waals surface area contributed by atoms with Crippen LogP contribution in [0.2, 0.25) is 0 Å². The molecule has 0 saturated carbocycles. The highest BCUT2D eigenvalue weighted by Crippen LogP contribution is 2.26. The number of nitrogens with zero attached hydrogens (tertiary/aromatic N) is 9. The highest BCUT2D eigenvalue weighted by Gasteiger charge is 2.31. The summed E-state index contributed by atoms with van der Waals surface area (Å²) in [4.78, 5) is 23.4. The minimum Gasteiger partial charge on any atom is -0.379 e. The molecule has 0 unspecified atom stereocenters. The van der Waals surface area contributed by atoms with Gasteiger partial charge in [0.2, 0.25) is 11.9 Å². The Hall–Kier alpha value is -3.51. The molecule has 10 nitrogen and oxygen atoms in total. The van der Waals surface area contributed by atoms with Gasteiger partial charge in [-0.25, -0.2) is 38.7 Å². The molecule has 0 radical (unpaired) electrons. The Kier molecular flexibility index (Phi) is 5.45. The molecule has 2 aliphatic rings. The lowest BCUT2D eigenvalue weighted by atomic mass is 10.3. The minimum absolute atomic E-state index is 0.150. The number of hydrazine groups is 1. The lowest BCUT2D eigenvalue weighted by Crippen LogP contribution is -2.57. The van der Waals surface area contributed by atoms with E-state index in [1.807, 2.05) is 17.0 Å². The summed E-state index contributed by atoms with van der Waals surface area (Å²) in [5.41, 5.74) is 1.68. The fourth-order valence-electron chi connectivity index (χ4n) is 3.73. The molecule has 32 heavy (non-hydrogen) atoms. The molecule has 12 heteroatoms. The molecule has 0 bridgehead atoms. The minimum atomic E-state index is -2.78. The number of para-hydroxylation sites is 2. The van der Waals surface area contributed by atoms with Crippen LogP contribution >= 0.6 is 0 Å². The number of imidazole rings is 1. The van der Waals surface area contributed by atoms with Gasteiger partial charge in [-0.1, -0.05) is 12.1 Å². The van der Waals surface area contributed by atoms with E-state index in [0.29, 0.717) is 49.0 Å². The maximum atomic E-state index is 13.9. The van der Waals surface area contributed by atoms with E-state index < -0.39 is 12.2 Å². The van der Waals surface area contributed by atoms with Gasteiger partial charge in [0.05, 0.1) is 42.3 Å². The Bertz CT molecular complexity index is 1160. The van der Waals surface area contributed by atoms with Crippen LogP contribution in [-0.4, -0.2) is 81.4 Å². The number of morpholine rings is 1. The van der Waals surface area contributed by atoms with E-state index in [4.69, 9.17) is 9.73 Å². The second-order valence-electron chi connectivity index (χ2n) is 7.28. The molecule has 0 N–H and O–H groups in total. The summed E-state index contributed by atoms with van der Waals surface area (Å²) in [7, 11) is 1.84. The zero-order valence-electron chi connectivity index (χ0n) is 17.3. The molecule has 0 aliphatic carbocycles. The fraction of sp³-hybridized carbons (Fsp3) is 0.350. The summed E-state index contributed by atoms with van der Waals surface area (Å²) >= 11 is 0. The number of alkyl halides is 2. The number of fused-ring (bicyclic) bond motifs is 1. The summed E-state index contributed by atoms with van der Waals surface area (Å²) in [6, 6.07) is 6.96. The number of halogens is 2. The van der Waals surface area contributed by atoms with Crippen LogP contribution < -0.4 is 5.01 Å². The number of aromatic nitrogens is 4. The summed E-state index contributed by atoms with van der Waals surface area (Å²) < 4.78 is 34.5. The Morgan fingerprint density at radius 1 is 1.09 bits per heavy atom. The molecule has 166 valence electrons. The SMILES string of the molecule is CN1CN=C(n2c(C(F)F)nc3ccccc32)N=C1N(c1cncnc1)N1CCOCC1. The molecule has 4 heterocycles. The number of hydrogen-bond donors (Lipinski definition) is 0. The van der Waals surface area contributed by atoms with Gasteiger partial charge >= 0.3 is 0 Å². The average molecular weight is 441 g/mol. The molecule has 2 aromatic heterocycles. The van der Waals surface area contributed by atoms with Crippen molar-refractivity contribution in [2.75, 3.05) is 45.0 Å². The first-order valence-electron chi connectivity index (χ1n) is 10.1. The number of anilines is 1. The molecule has 0 spiro atoms. The second kappa shape index (κ2) is 8.55. The summed E-state index contributed by atoms with van der Waals surface area (Å²) in [5, 5.41) is 3.96. The Labute approximate surface area is 182 Å². The van der Waals surface area contributed by atoms with Crippen molar-refractivity contribution in [2.24, 2.45) is 9.98 Å². The molecular formula is C20H21F2N9O. The molecule has 2 aliphatic heterocycles. The van der Waals surface area contributed by atoms with Gasteiger partial charge in [-0.3, -0.25) is 4.57 Å². The molecule has 5 rings (SSSR count). The van der Waals surface area contributed by atoms with E-state index in [9.17, 15) is 8.78 Å². The Morgan fingerprint density at radius 3 is 2.59 bits per heavy atom. The van der Waals surface area contributed by atoms with E-state index in [0.717, 1.165) is 0 Å². The van der Waals surface area contributed by atoms with Crippen molar-refractivity contribution in [3.05, 3.63) is 48.8 Å². The Morgan fingerprint density at radius 2 is 1.84 bits per heavy atom. The fourth-order valence-corrected chi connectivity index (χ4v) is 3.73. The monoisotopic (exact) mass is 441 g/mol. The lowest BCUT2D eigenvalue weighted by molar-refractivity contribution is 0.0381. The van der Waals surface area contributed by atoms with Gasteiger partial charge in [0.15, 0.2) is 5.82 Å². The third-order valence-corrected chi connectivity index (χ3v) is 5.20. The lowest BCUT2D eigenvalue weighted by Gasteiger charge is -2.41. The van der Waals surface area contributed by atoms with Crippen LogP contribution in [0.4, 0.5) is 14.5 Å². The molecule has 1 fully saturated rings. The predicted molar refractivity (Wildman–Crippen MR) is 114 cm³/mol. The van der Waals surface area contributed by atoms with E-state index >= 15 is 0 Å². The van der Waals surface area contributed by atoms with Gasteiger partial charge in [0.25, 0.3) is 6.43 Å². The second-order valence-corrected chi connectivity index (χ2v) is 7.28. The van der Waals surface area contributed by atoms with Gasteiger partial charge < -0.3 is 9.64 Å². The first-order valence-corrected chi connectivity index (χ1v) is 10.1. The van der Waals surface area contributed by atoms with E-state index in [1.54, 1.807) is 36.7 Å². The maximum absolute atomic E-state index is 13.9. The van der Waals surface area contributed by atoms with Gasteiger partial charge in [-0.2, -0.15) is 4.99 Å². The number of ether oxygens (including phenoxy) is 1. The van der Waals surface area contributed by atoms with E-state index in [1.165, 1.54) is 10.9 Å². The van der Waals surface area contributed by atoms with Gasteiger partial charge in [-0.15, -0.1) is 0 Å². The van der Waals surface area contributed by atoms with Crippen LogP contribution in [0.5, 0.6) is 0 Å². The van der Waals surface area contributed by atoms with Crippen LogP contribution in [0.15, 0.2) is 53.0 Å². The van der Waals surface area contributed by atoms with E-state index in [2.05, 4.69) is 25.0 Å². The van der Waals surface area contributed by atoms with Gasteiger partial charge in [-0.05, 0) is 12.1 Å². The number of guanidine groups is 1. The number of aliphatic imine (C=N–C) groups is 2. The smallest absolute Gasteiger partial charge is 0.296 e. The van der Waals surface area contributed by atoms with Crippen molar-refractivity contribution < 1.29 is 13.5 Å². The first kappa shape index (κ1) is 20.4.